The average molecular weight is 397 g/mol. The van der Waals surface area contributed by atoms with Crippen molar-refractivity contribution in [3.8, 4) is 28.7 Å². The molecular formula is C21H19NO7. The van der Waals surface area contributed by atoms with Gasteiger partial charge in [0.1, 0.15) is 6.26 Å². The molecule has 1 aromatic heterocycles. The number of esters is 1. The number of methoxy groups -OCH3 is 4. The molecule has 0 atom stereocenters. The summed E-state index contributed by atoms with van der Waals surface area (Å²) in [6.45, 7) is 0. The number of carbonyl (C=O) groups is 2. The van der Waals surface area contributed by atoms with Gasteiger partial charge in [0.25, 0.3) is 0 Å². The van der Waals surface area contributed by atoms with Crippen LogP contribution >= 0.6 is 0 Å². The minimum atomic E-state index is -0.442. The van der Waals surface area contributed by atoms with Gasteiger partial charge in [0, 0.05) is 11.1 Å². The van der Waals surface area contributed by atoms with E-state index in [9.17, 15) is 9.59 Å². The SMILES string of the molecule is COC(=O)c1ccc(-c2nc(C(=O)c3cc(OC)c(OC)c(OC)c3)co2)cc1. The number of carbonyl (C=O) groups excluding carboxylic acids is 2. The van der Waals surface area contributed by atoms with Gasteiger partial charge in [-0.15, -0.1) is 0 Å². The highest BCUT2D eigenvalue weighted by molar-refractivity contribution is 6.08. The van der Waals surface area contributed by atoms with E-state index < -0.39 is 5.97 Å². The standard InChI is InChI=1S/C21H19NO7/c1-25-16-9-14(10-17(26-2)19(16)27-3)18(23)15-11-29-20(22-15)12-5-7-13(8-6-12)21(24)28-4/h5-11H,1-4H3. The maximum absolute atomic E-state index is 12.9. The maximum Gasteiger partial charge on any atom is 0.337 e. The first-order chi connectivity index (χ1) is 14.0. The van der Waals surface area contributed by atoms with Crippen molar-refractivity contribution in [2.24, 2.45) is 0 Å². The third kappa shape index (κ3) is 3.91. The molecule has 0 bridgehead atoms. The first kappa shape index (κ1) is 19.9. The zero-order valence-electron chi connectivity index (χ0n) is 16.3. The van der Waals surface area contributed by atoms with Gasteiger partial charge in [0.05, 0.1) is 34.0 Å². The molecule has 1 heterocycles. The molecule has 29 heavy (non-hydrogen) atoms. The monoisotopic (exact) mass is 397 g/mol. The fraction of sp³-hybridized carbons (Fsp3) is 0.190. The molecule has 0 saturated carbocycles. The van der Waals surface area contributed by atoms with Crippen molar-refractivity contribution in [3.63, 3.8) is 0 Å². The van der Waals surface area contributed by atoms with Crippen LogP contribution in [-0.2, 0) is 4.74 Å². The number of rotatable bonds is 7. The van der Waals surface area contributed by atoms with Gasteiger partial charge in [0.15, 0.2) is 17.2 Å². The summed E-state index contributed by atoms with van der Waals surface area (Å²) in [5.41, 5.74) is 1.44. The molecule has 0 spiro atoms. The third-order valence-electron chi connectivity index (χ3n) is 4.22. The molecule has 8 heteroatoms. The van der Waals surface area contributed by atoms with Crippen molar-refractivity contribution in [2.45, 2.75) is 0 Å². The van der Waals surface area contributed by atoms with Gasteiger partial charge in [-0.1, -0.05) is 0 Å². The van der Waals surface area contributed by atoms with Crippen LogP contribution in [-0.4, -0.2) is 45.2 Å². The minimum absolute atomic E-state index is 0.117. The molecule has 0 unspecified atom stereocenters. The number of hydrogen-bond acceptors (Lipinski definition) is 8. The van der Waals surface area contributed by atoms with E-state index in [1.807, 2.05) is 0 Å². The number of oxazole rings is 1. The first-order valence-electron chi connectivity index (χ1n) is 8.51. The summed E-state index contributed by atoms with van der Waals surface area (Å²) >= 11 is 0. The Hall–Kier alpha value is -3.81. The Morgan fingerprint density at radius 1 is 0.862 bits per heavy atom. The van der Waals surface area contributed by atoms with Crippen molar-refractivity contribution in [1.82, 2.24) is 4.98 Å². The summed E-state index contributed by atoms with van der Waals surface area (Å²) in [4.78, 5) is 28.7. The van der Waals surface area contributed by atoms with Crippen LogP contribution in [0.4, 0.5) is 0 Å². The molecule has 0 radical (unpaired) electrons. The number of nitrogens with zero attached hydrogens (tertiary/aromatic N) is 1. The van der Waals surface area contributed by atoms with Crippen LogP contribution in [0.3, 0.4) is 0 Å². The number of ketones is 1. The van der Waals surface area contributed by atoms with E-state index in [1.165, 1.54) is 34.7 Å². The quantitative estimate of drug-likeness (QED) is 0.442. The topological polar surface area (TPSA) is 97.1 Å². The van der Waals surface area contributed by atoms with Crippen LogP contribution in [0.5, 0.6) is 17.2 Å². The summed E-state index contributed by atoms with van der Waals surface area (Å²) in [6, 6.07) is 9.59. The molecule has 3 aromatic rings. The predicted octanol–water partition coefficient (Wildman–Crippen LogP) is 3.39. The van der Waals surface area contributed by atoms with E-state index in [4.69, 9.17) is 18.6 Å². The van der Waals surface area contributed by atoms with Crippen LogP contribution in [0.25, 0.3) is 11.5 Å². The van der Waals surface area contributed by atoms with Gasteiger partial charge in [-0.05, 0) is 36.4 Å². The molecule has 0 fully saturated rings. The molecule has 150 valence electrons. The van der Waals surface area contributed by atoms with Gasteiger partial charge in [-0.2, -0.15) is 0 Å². The highest BCUT2D eigenvalue weighted by atomic mass is 16.5. The number of aromatic nitrogens is 1. The van der Waals surface area contributed by atoms with Gasteiger partial charge in [0.2, 0.25) is 17.4 Å². The summed E-state index contributed by atoms with van der Waals surface area (Å²) < 4.78 is 25.9. The van der Waals surface area contributed by atoms with E-state index in [0.29, 0.717) is 33.9 Å². The van der Waals surface area contributed by atoms with Crippen molar-refractivity contribution in [3.05, 3.63) is 59.5 Å². The lowest BCUT2D eigenvalue weighted by molar-refractivity contribution is 0.0600. The highest BCUT2D eigenvalue weighted by Gasteiger charge is 2.21. The van der Waals surface area contributed by atoms with E-state index in [-0.39, 0.29) is 17.4 Å². The van der Waals surface area contributed by atoms with Crippen LogP contribution < -0.4 is 14.2 Å². The van der Waals surface area contributed by atoms with E-state index in [1.54, 1.807) is 36.4 Å². The molecule has 0 N–H and O–H groups in total. The predicted molar refractivity (Wildman–Crippen MR) is 103 cm³/mol. The third-order valence-corrected chi connectivity index (χ3v) is 4.22. The normalized spacial score (nSPS) is 10.3. The molecule has 0 aliphatic carbocycles. The fourth-order valence-electron chi connectivity index (χ4n) is 2.74. The zero-order valence-corrected chi connectivity index (χ0v) is 16.3. The Kier molecular flexibility index (Phi) is 5.82. The Balaban J connectivity index is 1.90. The molecule has 8 nitrogen and oxygen atoms in total. The minimum Gasteiger partial charge on any atom is -0.493 e. The van der Waals surface area contributed by atoms with Gasteiger partial charge in [-0.3, -0.25) is 4.79 Å². The molecule has 3 rings (SSSR count). The molecule has 0 amide bonds. The molecule has 2 aromatic carbocycles. The van der Waals surface area contributed by atoms with Crippen molar-refractivity contribution in [2.75, 3.05) is 28.4 Å². The van der Waals surface area contributed by atoms with Crippen LogP contribution in [0, 0.1) is 0 Å². The second-order valence-electron chi connectivity index (χ2n) is 5.85. The highest BCUT2D eigenvalue weighted by Crippen LogP contribution is 2.38. The lowest BCUT2D eigenvalue weighted by atomic mass is 10.1. The Morgan fingerprint density at radius 2 is 1.48 bits per heavy atom. The maximum atomic E-state index is 12.9. The van der Waals surface area contributed by atoms with Crippen LogP contribution in [0.2, 0.25) is 0 Å². The van der Waals surface area contributed by atoms with Gasteiger partial charge in [-0.25, -0.2) is 9.78 Å². The van der Waals surface area contributed by atoms with Gasteiger partial charge < -0.3 is 23.4 Å². The van der Waals surface area contributed by atoms with Crippen molar-refractivity contribution in [1.29, 1.82) is 0 Å². The molecular weight excluding hydrogens is 378 g/mol. The van der Waals surface area contributed by atoms with E-state index >= 15 is 0 Å². The first-order valence-corrected chi connectivity index (χ1v) is 8.51. The van der Waals surface area contributed by atoms with Crippen LogP contribution in [0.15, 0.2) is 47.1 Å². The fourth-order valence-corrected chi connectivity index (χ4v) is 2.74. The van der Waals surface area contributed by atoms with Gasteiger partial charge >= 0.3 is 5.97 Å². The number of ether oxygens (including phenoxy) is 4. The zero-order chi connectivity index (χ0) is 21.0. The lowest BCUT2D eigenvalue weighted by Crippen LogP contribution is -2.04. The summed E-state index contributed by atoms with van der Waals surface area (Å²) in [5.74, 6) is 0.539. The second kappa shape index (κ2) is 8.47. The molecule has 0 saturated heterocycles. The molecule has 0 aliphatic rings. The number of hydrogen-bond donors (Lipinski definition) is 0. The average Bonchev–Trinajstić information content (AvgIpc) is 3.27. The molecule has 0 aliphatic heterocycles. The summed E-state index contributed by atoms with van der Waals surface area (Å²) in [5, 5.41) is 0. The Morgan fingerprint density at radius 3 is 2.00 bits per heavy atom. The largest absolute Gasteiger partial charge is 0.493 e. The van der Waals surface area contributed by atoms with Crippen molar-refractivity contribution < 1.29 is 33.0 Å². The lowest BCUT2D eigenvalue weighted by Gasteiger charge is -2.13. The van der Waals surface area contributed by atoms with E-state index in [0.717, 1.165) is 0 Å². The summed E-state index contributed by atoms with van der Waals surface area (Å²) in [7, 11) is 5.73. The van der Waals surface area contributed by atoms with Crippen LogP contribution in [0.1, 0.15) is 26.4 Å². The number of benzene rings is 2. The Bertz CT molecular complexity index is 1010. The van der Waals surface area contributed by atoms with E-state index in [2.05, 4.69) is 9.72 Å². The Labute approximate surface area is 167 Å². The van der Waals surface area contributed by atoms with Crippen molar-refractivity contribution >= 4 is 11.8 Å². The summed E-state index contributed by atoms with van der Waals surface area (Å²) in [6.07, 6.45) is 1.27. The smallest absolute Gasteiger partial charge is 0.337 e. The second-order valence-corrected chi connectivity index (χ2v) is 5.85.